The maximum absolute atomic E-state index is 12.0. The highest BCUT2D eigenvalue weighted by atomic mass is 32.2. The molecule has 0 spiro atoms. The summed E-state index contributed by atoms with van der Waals surface area (Å²) >= 11 is 0. The van der Waals surface area contributed by atoms with Crippen molar-refractivity contribution in [1.82, 2.24) is 0 Å². The van der Waals surface area contributed by atoms with Crippen LogP contribution in [-0.2, 0) is 9.84 Å². The van der Waals surface area contributed by atoms with Crippen LogP contribution in [0.2, 0.25) is 0 Å². The molecule has 8 heteroatoms. The molecule has 110 valence electrons. The second-order valence-electron chi connectivity index (χ2n) is 4.59. The summed E-state index contributed by atoms with van der Waals surface area (Å²) in [6.45, 7) is 2.84. The van der Waals surface area contributed by atoms with Gasteiger partial charge in [-0.3, -0.25) is 0 Å². The first-order chi connectivity index (χ1) is 9.30. The average molecular weight is 299 g/mol. The fourth-order valence-corrected chi connectivity index (χ4v) is 2.70. The minimum Gasteiger partial charge on any atom is -0.390 e. The van der Waals surface area contributed by atoms with Gasteiger partial charge in [0, 0.05) is 4.91 Å². The zero-order valence-electron chi connectivity index (χ0n) is 11.2. The number of aliphatic hydroxyl groups excluding tert-OH is 2. The van der Waals surface area contributed by atoms with Crippen LogP contribution in [-0.4, -0.2) is 36.5 Å². The smallest absolute Gasteiger partial charge is 0.180 e. The average Bonchev–Trinajstić information content (AvgIpc) is 2.43. The molecule has 2 atom stereocenters. The van der Waals surface area contributed by atoms with Crippen molar-refractivity contribution in [2.24, 2.45) is 5.11 Å². The van der Waals surface area contributed by atoms with Gasteiger partial charge < -0.3 is 10.2 Å². The Balaban J connectivity index is 3.07. The first kappa shape index (κ1) is 16.5. The van der Waals surface area contributed by atoms with Crippen LogP contribution in [0, 0.1) is 0 Å². The van der Waals surface area contributed by atoms with E-state index in [4.69, 9.17) is 5.53 Å². The van der Waals surface area contributed by atoms with Gasteiger partial charge in [-0.2, -0.15) is 0 Å². The summed E-state index contributed by atoms with van der Waals surface area (Å²) in [4.78, 5) is 2.57. The number of nitrogens with zero attached hydrogens (tertiary/aromatic N) is 3. The Morgan fingerprint density at radius 3 is 2.55 bits per heavy atom. The predicted molar refractivity (Wildman–Crippen MR) is 73.7 cm³/mol. The van der Waals surface area contributed by atoms with Crippen LogP contribution in [0.4, 0.5) is 0 Å². The molecule has 0 heterocycles. The quantitative estimate of drug-likeness (QED) is 0.470. The molecule has 0 fully saturated rings. The Labute approximate surface area is 117 Å². The lowest BCUT2D eigenvalue weighted by Gasteiger charge is -2.17. The molecule has 0 aliphatic carbocycles. The number of hydrogen-bond donors (Lipinski definition) is 2. The lowest BCUT2D eigenvalue weighted by molar-refractivity contribution is 0.0243. The molecule has 2 N–H and O–H groups in total. The van der Waals surface area contributed by atoms with E-state index in [-0.39, 0.29) is 17.0 Å². The van der Waals surface area contributed by atoms with Gasteiger partial charge in [-0.25, -0.2) is 8.42 Å². The van der Waals surface area contributed by atoms with E-state index in [1.807, 2.05) is 0 Å². The molecule has 1 aromatic rings. The van der Waals surface area contributed by atoms with Gasteiger partial charge in [0.15, 0.2) is 9.84 Å². The van der Waals surface area contributed by atoms with Crippen molar-refractivity contribution < 1.29 is 18.6 Å². The van der Waals surface area contributed by atoms with E-state index in [0.29, 0.717) is 0 Å². The fraction of sp³-hybridized carbons (Fsp3) is 0.500. The lowest BCUT2D eigenvalue weighted by Crippen LogP contribution is -2.21. The molecule has 7 nitrogen and oxygen atoms in total. The van der Waals surface area contributed by atoms with Crippen LogP contribution in [0.5, 0.6) is 0 Å². The number of sulfone groups is 1. The molecular weight excluding hydrogens is 282 g/mol. The number of hydrogen-bond acceptors (Lipinski definition) is 5. The summed E-state index contributed by atoms with van der Waals surface area (Å²) in [5.74, 6) is 0. The maximum Gasteiger partial charge on any atom is 0.180 e. The number of aliphatic hydroxyl groups is 2. The molecule has 2 unspecified atom stereocenters. The van der Waals surface area contributed by atoms with Gasteiger partial charge in [0.2, 0.25) is 0 Å². The zero-order valence-corrected chi connectivity index (χ0v) is 12.0. The van der Waals surface area contributed by atoms with Gasteiger partial charge in [0.05, 0.1) is 22.8 Å². The standard InChI is InChI=1S/C12H17N3O4S/c1-8(2)20(18,19)10-5-3-4-9(6-10)12(17)11(16)7-14-15-13/h3-6,8,11-12,16-17H,7H2,1-2H3. The van der Waals surface area contributed by atoms with E-state index in [9.17, 15) is 18.6 Å². The second kappa shape index (κ2) is 6.71. The monoisotopic (exact) mass is 299 g/mol. The highest BCUT2D eigenvalue weighted by Crippen LogP contribution is 2.23. The van der Waals surface area contributed by atoms with Crippen molar-refractivity contribution >= 4 is 9.84 Å². The SMILES string of the molecule is CC(C)S(=O)(=O)c1cccc(C(O)C(O)CN=[N+]=[N-])c1. The van der Waals surface area contributed by atoms with Gasteiger partial charge in [-0.1, -0.05) is 17.2 Å². The molecule has 20 heavy (non-hydrogen) atoms. The Kier molecular flexibility index (Phi) is 5.52. The van der Waals surface area contributed by atoms with Crippen molar-refractivity contribution in [2.45, 2.75) is 36.2 Å². The maximum atomic E-state index is 12.0. The fourth-order valence-electron chi connectivity index (χ4n) is 1.59. The van der Waals surface area contributed by atoms with Crippen molar-refractivity contribution in [3.05, 3.63) is 40.3 Å². The van der Waals surface area contributed by atoms with Crippen LogP contribution in [0.25, 0.3) is 10.4 Å². The molecule has 0 saturated carbocycles. The van der Waals surface area contributed by atoms with Crippen molar-refractivity contribution in [3.8, 4) is 0 Å². The largest absolute Gasteiger partial charge is 0.390 e. The first-order valence-corrected chi connectivity index (χ1v) is 7.56. The minimum atomic E-state index is -3.45. The molecule has 1 aromatic carbocycles. The van der Waals surface area contributed by atoms with Gasteiger partial charge in [0.1, 0.15) is 6.10 Å². The molecule has 0 aliphatic heterocycles. The third-order valence-corrected chi connectivity index (χ3v) is 5.00. The van der Waals surface area contributed by atoms with Crippen LogP contribution < -0.4 is 0 Å². The van der Waals surface area contributed by atoms with E-state index in [0.717, 1.165) is 0 Å². The van der Waals surface area contributed by atoms with Crippen LogP contribution in [0.1, 0.15) is 25.5 Å². The molecular formula is C12H17N3O4S. The molecule has 0 radical (unpaired) electrons. The number of benzene rings is 1. The minimum absolute atomic E-state index is 0.0834. The summed E-state index contributed by atoms with van der Waals surface area (Å²) < 4.78 is 24.1. The lowest BCUT2D eigenvalue weighted by atomic mass is 10.0. The van der Waals surface area contributed by atoms with Gasteiger partial charge in [-0.05, 0) is 37.1 Å². The second-order valence-corrected chi connectivity index (χ2v) is 7.10. The van der Waals surface area contributed by atoms with Crippen molar-refractivity contribution in [2.75, 3.05) is 6.54 Å². The third kappa shape index (κ3) is 3.71. The third-order valence-electron chi connectivity index (χ3n) is 2.85. The van der Waals surface area contributed by atoms with Gasteiger partial charge in [-0.15, -0.1) is 0 Å². The topological polar surface area (TPSA) is 123 Å². The van der Waals surface area contributed by atoms with E-state index in [2.05, 4.69) is 10.0 Å². The summed E-state index contributed by atoms with van der Waals surface area (Å²) in [7, 11) is -3.45. The Bertz CT molecular complexity index is 609. The Morgan fingerprint density at radius 2 is 2.00 bits per heavy atom. The van der Waals surface area contributed by atoms with Crippen LogP contribution in [0.3, 0.4) is 0 Å². The summed E-state index contributed by atoms with van der Waals surface area (Å²) in [5, 5.41) is 22.1. The van der Waals surface area contributed by atoms with E-state index < -0.39 is 27.3 Å². The first-order valence-electron chi connectivity index (χ1n) is 6.01. The molecule has 0 aromatic heterocycles. The summed E-state index contributed by atoms with van der Waals surface area (Å²) in [6, 6.07) is 5.75. The Hall–Kier alpha value is -1.60. The van der Waals surface area contributed by atoms with E-state index >= 15 is 0 Å². The summed E-state index contributed by atoms with van der Waals surface area (Å²) in [6.07, 6.45) is -2.61. The highest BCUT2D eigenvalue weighted by molar-refractivity contribution is 7.92. The predicted octanol–water partition coefficient (Wildman–Crippen LogP) is 1.57. The van der Waals surface area contributed by atoms with E-state index in [1.54, 1.807) is 13.8 Å². The number of rotatable bonds is 6. The Morgan fingerprint density at radius 1 is 1.35 bits per heavy atom. The van der Waals surface area contributed by atoms with Crippen molar-refractivity contribution in [3.63, 3.8) is 0 Å². The normalized spacial score (nSPS) is 14.7. The van der Waals surface area contributed by atoms with Crippen LogP contribution >= 0.6 is 0 Å². The molecule has 0 bridgehead atoms. The zero-order chi connectivity index (χ0) is 15.3. The number of azide groups is 1. The molecule has 0 amide bonds. The van der Waals surface area contributed by atoms with Crippen molar-refractivity contribution in [1.29, 1.82) is 0 Å². The molecule has 1 rings (SSSR count). The van der Waals surface area contributed by atoms with E-state index in [1.165, 1.54) is 24.3 Å². The van der Waals surface area contributed by atoms with Gasteiger partial charge in [0.25, 0.3) is 0 Å². The molecule has 0 saturated heterocycles. The summed E-state index contributed by atoms with van der Waals surface area (Å²) in [5.41, 5.74) is 8.42. The van der Waals surface area contributed by atoms with Crippen LogP contribution in [0.15, 0.2) is 34.3 Å². The molecule has 0 aliphatic rings. The van der Waals surface area contributed by atoms with Gasteiger partial charge >= 0.3 is 0 Å². The highest BCUT2D eigenvalue weighted by Gasteiger charge is 2.22.